The van der Waals surface area contributed by atoms with Gasteiger partial charge in [-0.15, -0.1) is 0 Å². The van der Waals surface area contributed by atoms with Gasteiger partial charge in [-0.25, -0.2) is 0 Å². The molecule has 0 radical (unpaired) electrons. The molecule has 0 spiro atoms. The SMILES string of the molecule is Cc1ccc(N2C(=S)N[C@@H](c3ccccn3)[C@@H]2c2ccc(C)n2-c2ccccc2)cc1. The Labute approximate surface area is 188 Å². The molecule has 0 amide bonds. The number of benzene rings is 2. The van der Waals surface area contributed by atoms with Gasteiger partial charge in [-0.1, -0.05) is 42.0 Å². The van der Waals surface area contributed by atoms with Crippen LogP contribution >= 0.6 is 12.2 Å². The van der Waals surface area contributed by atoms with Gasteiger partial charge in [-0.05, 0) is 74.6 Å². The summed E-state index contributed by atoms with van der Waals surface area (Å²) in [5.41, 5.74) is 6.77. The first kappa shape index (κ1) is 19.5. The van der Waals surface area contributed by atoms with E-state index in [1.165, 1.54) is 17.0 Å². The van der Waals surface area contributed by atoms with Gasteiger partial charge in [0.25, 0.3) is 0 Å². The molecule has 31 heavy (non-hydrogen) atoms. The third-order valence-corrected chi connectivity index (χ3v) is 6.15. The van der Waals surface area contributed by atoms with Crippen molar-refractivity contribution in [2.45, 2.75) is 25.9 Å². The predicted octanol–water partition coefficient (Wildman–Crippen LogP) is 5.67. The monoisotopic (exact) mass is 424 g/mol. The van der Waals surface area contributed by atoms with E-state index in [0.717, 1.165) is 17.1 Å². The molecule has 2 aromatic heterocycles. The van der Waals surface area contributed by atoms with E-state index < -0.39 is 0 Å². The molecule has 2 aromatic carbocycles. The summed E-state index contributed by atoms with van der Waals surface area (Å²) in [7, 11) is 0. The number of rotatable bonds is 4. The van der Waals surface area contributed by atoms with Gasteiger partial charge in [-0.3, -0.25) is 4.98 Å². The average molecular weight is 425 g/mol. The normalized spacial score (nSPS) is 18.3. The van der Waals surface area contributed by atoms with Crippen LogP contribution in [0, 0.1) is 13.8 Å². The van der Waals surface area contributed by atoms with E-state index in [4.69, 9.17) is 12.2 Å². The minimum absolute atomic E-state index is 0.0426. The molecular weight excluding hydrogens is 400 g/mol. The van der Waals surface area contributed by atoms with Gasteiger partial charge >= 0.3 is 0 Å². The van der Waals surface area contributed by atoms with Crippen molar-refractivity contribution in [3.05, 3.63) is 114 Å². The Balaban J connectivity index is 1.70. The van der Waals surface area contributed by atoms with Crippen LogP contribution in [-0.4, -0.2) is 14.7 Å². The number of aromatic nitrogens is 2. The quantitative estimate of drug-likeness (QED) is 0.428. The standard InChI is InChI=1S/C26H24N4S/c1-18-11-14-21(15-12-18)30-25(24(28-26(30)31)22-10-6-7-17-27-22)23-16-13-19(2)29(23)20-8-4-3-5-9-20/h3-17,24-25H,1-2H3,(H,28,31)/t24-,25-/m0/s1. The number of para-hydroxylation sites is 1. The average Bonchev–Trinajstić information content (AvgIpc) is 3.35. The molecule has 5 heteroatoms. The highest BCUT2D eigenvalue weighted by Crippen LogP contribution is 2.42. The molecule has 2 atom stereocenters. The Morgan fingerprint density at radius 1 is 0.806 bits per heavy atom. The molecule has 1 aliphatic heterocycles. The molecule has 4 aromatic rings. The van der Waals surface area contributed by atoms with E-state index >= 15 is 0 Å². The summed E-state index contributed by atoms with van der Waals surface area (Å²) in [6.45, 7) is 4.24. The van der Waals surface area contributed by atoms with Gasteiger partial charge in [0, 0.05) is 29.0 Å². The summed E-state index contributed by atoms with van der Waals surface area (Å²) in [6, 6.07) is 29.3. The molecule has 0 aliphatic carbocycles. The van der Waals surface area contributed by atoms with Crippen molar-refractivity contribution in [3.8, 4) is 5.69 Å². The number of nitrogens with one attached hydrogen (secondary N) is 1. The number of anilines is 1. The van der Waals surface area contributed by atoms with Gasteiger partial charge in [-0.2, -0.15) is 0 Å². The van der Waals surface area contributed by atoms with Crippen molar-refractivity contribution in [1.29, 1.82) is 0 Å². The van der Waals surface area contributed by atoms with E-state index in [1.807, 2.05) is 24.4 Å². The lowest BCUT2D eigenvalue weighted by Crippen LogP contribution is -2.30. The smallest absolute Gasteiger partial charge is 0.174 e. The summed E-state index contributed by atoms with van der Waals surface area (Å²) < 4.78 is 2.32. The Hall–Kier alpha value is -3.44. The summed E-state index contributed by atoms with van der Waals surface area (Å²) in [5, 5.41) is 4.26. The minimum atomic E-state index is -0.0632. The first-order chi connectivity index (χ1) is 15.1. The van der Waals surface area contributed by atoms with Crippen LogP contribution in [0.1, 0.15) is 34.7 Å². The second-order valence-electron chi connectivity index (χ2n) is 7.90. The number of hydrogen-bond donors (Lipinski definition) is 1. The lowest BCUT2D eigenvalue weighted by molar-refractivity contribution is 0.548. The Morgan fingerprint density at radius 2 is 1.55 bits per heavy atom. The molecular formula is C26H24N4S. The molecule has 154 valence electrons. The fourth-order valence-corrected chi connectivity index (χ4v) is 4.70. The zero-order valence-corrected chi connectivity index (χ0v) is 18.4. The molecule has 1 aliphatic rings. The Bertz CT molecular complexity index is 1200. The maximum Gasteiger partial charge on any atom is 0.174 e. The van der Waals surface area contributed by atoms with Crippen LogP contribution < -0.4 is 10.2 Å². The number of nitrogens with zero attached hydrogens (tertiary/aromatic N) is 3. The Kier molecular flexibility index (Phi) is 5.04. The molecule has 3 heterocycles. The largest absolute Gasteiger partial charge is 0.351 e. The first-order valence-electron chi connectivity index (χ1n) is 10.4. The second-order valence-corrected chi connectivity index (χ2v) is 8.29. The zero-order valence-electron chi connectivity index (χ0n) is 17.6. The fraction of sp³-hybridized carbons (Fsp3) is 0.154. The van der Waals surface area contributed by atoms with Crippen molar-refractivity contribution in [3.63, 3.8) is 0 Å². The second kappa shape index (κ2) is 8.00. The van der Waals surface area contributed by atoms with Crippen LogP contribution in [0.5, 0.6) is 0 Å². The van der Waals surface area contributed by atoms with E-state index in [9.17, 15) is 0 Å². The number of thiocarbonyl (C=S) groups is 1. The van der Waals surface area contributed by atoms with Gasteiger partial charge < -0.3 is 14.8 Å². The summed E-state index contributed by atoms with van der Waals surface area (Å²) >= 11 is 5.85. The van der Waals surface area contributed by atoms with Crippen molar-refractivity contribution in [2.24, 2.45) is 0 Å². The van der Waals surface area contributed by atoms with Gasteiger partial charge in [0.1, 0.15) is 6.04 Å². The maximum atomic E-state index is 5.85. The fourth-order valence-electron chi connectivity index (χ4n) is 4.36. The number of aryl methyl sites for hydroxylation is 2. The molecule has 1 N–H and O–H groups in total. The topological polar surface area (TPSA) is 33.1 Å². The Morgan fingerprint density at radius 3 is 2.26 bits per heavy atom. The van der Waals surface area contributed by atoms with Gasteiger partial charge in [0.15, 0.2) is 5.11 Å². The van der Waals surface area contributed by atoms with E-state index in [0.29, 0.717) is 5.11 Å². The molecule has 0 saturated carbocycles. The molecule has 1 fully saturated rings. The van der Waals surface area contributed by atoms with Crippen LogP contribution in [0.4, 0.5) is 5.69 Å². The van der Waals surface area contributed by atoms with Crippen molar-refractivity contribution in [1.82, 2.24) is 14.9 Å². The lowest BCUT2D eigenvalue weighted by atomic mass is 10.0. The zero-order chi connectivity index (χ0) is 21.4. The highest BCUT2D eigenvalue weighted by atomic mass is 32.1. The van der Waals surface area contributed by atoms with Crippen LogP contribution in [0.25, 0.3) is 5.69 Å². The van der Waals surface area contributed by atoms with Crippen LogP contribution in [0.3, 0.4) is 0 Å². The highest BCUT2D eigenvalue weighted by molar-refractivity contribution is 7.80. The van der Waals surface area contributed by atoms with Crippen molar-refractivity contribution < 1.29 is 0 Å². The third-order valence-electron chi connectivity index (χ3n) is 5.83. The van der Waals surface area contributed by atoms with Crippen LogP contribution in [-0.2, 0) is 0 Å². The third kappa shape index (κ3) is 3.51. The summed E-state index contributed by atoms with van der Waals surface area (Å²) in [6.07, 6.45) is 1.84. The van der Waals surface area contributed by atoms with Crippen molar-refractivity contribution >= 4 is 23.0 Å². The molecule has 1 saturated heterocycles. The van der Waals surface area contributed by atoms with E-state index in [2.05, 4.69) is 100 Å². The molecule has 0 bridgehead atoms. The van der Waals surface area contributed by atoms with E-state index in [1.54, 1.807) is 0 Å². The van der Waals surface area contributed by atoms with Crippen molar-refractivity contribution in [2.75, 3.05) is 4.90 Å². The van der Waals surface area contributed by atoms with Crippen LogP contribution in [0.2, 0.25) is 0 Å². The lowest BCUT2D eigenvalue weighted by Gasteiger charge is -2.29. The summed E-state index contributed by atoms with van der Waals surface area (Å²) in [4.78, 5) is 6.89. The predicted molar refractivity (Wildman–Crippen MR) is 130 cm³/mol. The molecule has 0 unspecified atom stereocenters. The van der Waals surface area contributed by atoms with Gasteiger partial charge in [0.05, 0.1) is 11.7 Å². The summed E-state index contributed by atoms with van der Waals surface area (Å²) in [5.74, 6) is 0. The van der Waals surface area contributed by atoms with Gasteiger partial charge in [0.2, 0.25) is 0 Å². The molecule has 5 rings (SSSR count). The maximum absolute atomic E-state index is 5.85. The number of hydrogen-bond acceptors (Lipinski definition) is 2. The minimum Gasteiger partial charge on any atom is -0.351 e. The highest BCUT2D eigenvalue weighted by Gasteiger charge is 2.42. The first-order valence-corrected chi connectivity index (χ1v) is 10.9. The number of pyridine rings is 1. The molecule has 4 nitrogen and oxygen atoms in total. The van der Waals surface area contributed by atoms with E-state index in [-0.39, 0.29) is 12.1 Å². The van der Waals surface area contributed by atoms with Crippen LogP contribution in [0.15, 0.2) is 91.1 Å².